The largest absolute Gasteiger partial charge is 0.480 e. The van der Waals surface area contributed by atoms with Crippen LogP contribution in [-0.2, 0) is 25.6 Å². The van der Waals surface area contributed by atoms with Crippen LogP contribution < -0.4 is 27.4 Å². The number of thioether (sulfide) groups is 1. The summed E-state index contributed by atoms with van der Waals surface area (Å²) in [4.78, 5) is 50.0. The van der Waals surface area contributed by atoms with E-state index in [0.717, 1.165) is 5.56 Å². The van der Waals surface area contributed by atoms with Gasteiger partial charge in [-0.15, -0.1) is 0 Å². The van der Waals surface area contributed by atoms with Crippen LogP contribution in [0, 0.1) is 0 Å². The first-order valence-electron chi connectivity index (χ1n) is 11.5. The Kier molecular flexibility index (Phi) is 15.1. The highest BCUT2D eigenvalue weighted by Gasteiger charge is 2.29. The molecule has 0 saturated heterocycles. The van der Waals surface area contributed by atoms with Gasteiger partial charge in [0.1, 0.15) is 18.1 Å². The highest BCUT2D eigenvalue weighted by atomic mass is 32.2. The van der Waals surface area contributed by atoms with Gasteiger partial charge in [0.15, 0.2) is 0 Å². The average molecular weight is 528 g/mol. The normalized spacial score (nSPS) is 14.3. The zero-order valence-electron chi connectivity index (χ0n) is 19.9. The van der Waals surface area contributed by atoms with Gasteiger partial charge in [-0.1, -0.05) is 30.3 Å². The fourth-order valence-corrected chi connectivity index (χ4v) is 3.95. The second-order valence-electron chi connectivity index (χ2n) is 8.07. The maximum Gasteiger partial charge on any atom is 0.326 e. The number of rotatable bonds is 17. The molecule has 0 aliphatic rings. The smallest absolute Gasteiger partial charge is 0.326 e. The number of thiol groups is 1. The van der Waals surface area contributed by atoms with Crippen molar-refractivity contribution in [2.45, 2.75) is 56.3 Å². The summed E-state index contributed by atoms with van der Waals surface area (Å²) >= 11 is 5.71. The van der Waals surface area contributed by atoms with E-state index in [1.807, 2.05) is 12.3 Å². The number of nitrogens with two attached hydrogens (primary N) is 2. The lowest BCUT2D eigenvalue weighted by atomic mass is 10.0. The summed E-state index contributed by atoms with van der Waals surface area (Å²) < 4.78 is 0. The Morgan fingerprint density at radius 1 is 0.943 bits per heavy atom. The molecular weight excluding hydrogens is 490 g/mol. The number of carboxylic acids is 1. The molecule has 0 aliphatic heterocycles. The van der Waals surface area contributed by atoms with Gasteiger partial charge in [-0.2, -0.15) is 24.4 Å². The highest BCUT2D eigenvalue weighted by Crippen LogP contribution is 2.07. The first kappa shape index (κ1) is 30.8. The third-order valence-corrected chi connectivity index (χ3v) is 6.27. The minimum absolute atomic E-state index is 0.00425. The summed E-state index contributed by atoms with van der Waals surface area (Å²) in [6.45, 7) is 0.414. The lowest BCUT2D eigenvalue weighted by Gasteiger charge is -2.24. The molecule has 0 heterocycles. The van der Waals surface area contributed by atoms with E-state index in [0.29, 0.717) is 31.6 Å². The molecule has 4 atom stereocenters. The summed E-state index contributed by atoms with van der Waals surface area (Å²) in [5, 5.41) is 17.3. The summed E-state index contributed by atoms with van der Waals surface area (Å²) in [5.74, 6) is -2.20. The zero-order chi connectivity index (χ0) is 26.2. The molecule has 0 fully saturated rings. The van der Waals surface area contributed by atoms with Crippen LogP contribution >= 0.6 is 24.4 Å². The lowest BCUT2D eigenvalue weighted by molar-refractivity contribution is -0.142. The maximum atomic E-state index is 13.0. The Balaban J connectivity index is 2.87. The van der Waals surface area contributed by atoms with Crippen LogP contribution in [0.15, 0.2) is 30.3 Å². The van der Waals surface area contributed by atoms with Crippen LogP contribution in [0.1, 0.15) is 31.2 Å². The van der Waals surface area contributed by atoms with E-state index >= 15 is 0 Å². The number of unbranched alkanes of at least 4 members (excludes halogenated alkanes) is 1. The molecule has 12 heteroatoms. The number of carbonyl (C=O) groups excluding carboxylic acids is 3. The van der Waals surface area contributed by atoms with Crippen LogP contribution in [0.4, 0.5) is 0 Å². The van der Waals surface area contributed by atoms with Gasteiger partial charge in [-0.3, -0.25) is 14.4 Å². The molecule has 0 bridgehead atoms. The molecule has 4 unspecified atom stereocenters. The van der Waals surface area contributed by atoms with E-state index < -0.39 is 47.9 Å². The van der Waals surface area contributed by atoms with Gasteiger partial charge in [0.25, 0.3) is 0 Å². The van der Waals surface area contributed by atoms with Gasteiger partial charge in [0.2, 0.25) is 17.7 Å². The Hall–Kier alpha value is -2.28. The van der Waals surface area contributed by atoms with Crippen molar-refractivity contribution in [2.75, 3.05) is 24.3 Å². The number of aliphatic carboxylic acids is 1. The minimum atomic E-state index is -1.19. The van der Waals surface area contributed by atoms with Gasteiger partial charge < -0.3 is 32.5 Å². The molecule has 10 nitrogen and oxygen atoms in total. The molecule has 3 amide bonds. The molecule has 0 aliphatic carbocycles. The van der Waals surface area contributed by atoms with Crippen molar-refractivity contribution in [1.82, 2.24) is 16.0 Å². The zero-order valence-corrected chi connectivity index (χ0v) is 21.7. The molecule has 35 heavy (non-hydrogen) atoms. The molecule has 0 radical (unpaired) electrons. The Morgan fingerprint density at radius 2 is 1.54 bits per heavy atom. The number of nitrogens with one attached hydrogen (secondary N) is 3. The van der Waals surface area contributed by atoms with Crippen molar-refractivity contribution in [3.05, 3.63) is 35.9 Å². The van der Waals surface area contributed by atoms with Gasteiger partial charge in [-0.05, 0) is 49.8 Å². The molecule has 0 spiro atoms. The van der Waals surface area contributed by atoms with E-state index in [-0.39, 0.29) is 18.6 Å². The maximum absolute atomic E-state index is 13.0. The molecule has 8 N–H and O–H groups in total. The van der Waals surface area contributed by atoms with Crippen LogP contribution in [0.3, 0.4) is 0 Å². The summed E-state index contributed by atoms with van der Waals surface area (Å²) in [7, 11) is 0. The first-order valence-corrected chi connectivity index (χ1v) is 13.5. The van der Waals surface area contributed by atoms with Crippen molar-refractivity contribution >= 4 is 48.1 Å². The van der Waals surface area contributed by atoms with E-state index in [4.69, 9.17) is 11.5 Å². The quantitative estimate of drug-likeness (QED) is 0.109. The van der Waals surface area contributed by atoms with Gasteiger partial charge >= 0.3 is 5.97 Å². The minimum Gasteiger partial charge on any atom is -0.480 e. The molecule has 1 aromatic carbocycles. The van der Waals surface area contributed by atoms with Crippen LogP contribution in [-0.4, -0.2) is 77.3 Å². The van der Waals surface area contributed by atoms with Crippen LogP contribution in [0.25, 0.3) is 0 Å². The Labute approximate surface area is 216 Å². The Bertz CT molecular complexity index is 815. The van der Waals surface area contributed by atoms with Crippen molar-refractivity contribution in [3.8, 4) is 0 Å². The summed E-state index contributed by atoms with van der Waals surface area (Å²) in [5.41, 5.74) is 12.2. The van der Waals surface area contributed by atoms with Crippen molar-refractivity contribution in [3.63, 3.8) is 0 Å². The molecule has 0 saturated carbocycles. The van der Waals surface area contributed by atoms with Crippen LogP contribution in [0.5, 0.6) is 0 Å². The second kappa shape index (κ2) is 17.2. The second-order valence-corrected chi connectivity index (χ2v) is 9.42. The van der Waals surface area contributed by atoms with E-state index in [1.54, 1.807) is 36.0 Å². The fraction of sp³-hybridized carbons (Fsp3) is 0.565. The van der Waals surface area contributed by atoms with Crippen molar-refractivity contribution in [1.29, 1.82) is 0 Å². The number of amides is 3. The molecule has 1 aromatic rings. The average Bonchev–Trinajstić information content (AvgIpc) is 2.84. The first-order chi connectivity index (χ1) is 16.7. The fourth-order valence-electron chi connectivity index (χ4n) is 3.20. The molecule has 0 aromatic heterocycles. The highest BCUT2D eigenvalue weighted by molar-refractivity contribution is 7.98. The number of carboxylic acid groups (broad SMARTS) is 1. The third-order valence-electron chi connectivity index (χ3n) is 5.26. The molecule has 1 rings (SSSR count). The predicted octanol–water partition coefficient (Wildman–Crippen LogP) is -0.0927. The number of benzene rings is 1. The topological polar surface area (TPSA) is 177 Å². The monoisotopic (exact) mass is 527 g/mol. The van der Waals surface area contributed by atoms with Crippen molar-refractivity contribution < 1.29 is 24.3 Å². The Morgan fingerprint density at radius 3 is 2.11 bits per heavy atom. The van der Waals surface area contributed by atoms with Gasteiger partial charge in [0, 0.05) is 12.2 Å². The SMILES string of the molecule is CSCCC(N)C(=O)NC(CS)C(=O)NC(CCCCN)C(=O)NC(Cc1ccccc1)C(=O)O. The predicted molar refractivity (Wildman–Crippen MR) is 141 cm³/mol. The molecule has 196 valence electrons. The van der Waals surface area contributed by atoms with Gasteiger partial charge in [-0.25, -0.2) is 4.79 Å². The number of hydrogen-bond donors (Lipinski definition) is 7. The standard InChI is InChI=1S/C23H37N5O5S2/c1-35-12-10-16(25)20(29)28-19(14-34)22(31)26-17(9-5-6-11-24)21(30)27-18(23(32)33)13-15-7-3-2-4-8-15/h2-4,7-8,16-19,34H,5-6,9-14,24-25H2,1H3,(H,26,31)(H,27,30)(H,28,29)(H,32,33). The molecular formula is C23H37N5O5S2. The van der Waals surface area contributed by atoms with Crippen LogP contribution in [0.2, 0.25) is 0 Å². The van der Waals surface area contributed by atoms with E-state index in [2.05, 4.69) is 28.6 Å². The summed E-state index contributed by atoms with van der Waals surface area (Å²) in [6, 6.07) is 4.97. The lowest BCUT2D eigenvalue weighted by Crippen LogP contribution is -2.57. The van der Waals surface area contributed by atoms with E-state index in [1.165, 1.54) is 0 Å². The van der Waals surface area contributed by atoms with Crippen molar-refractivity contribution in [2.24, 2.45) is 11.5 Å². The summed E-state index contributed by atoms with van der Waals surface area (Å²) in [6.07, 6.45) is 3.88. The number of hydrogen-bond acceptors (Lipinski definition) is 8. The number of carbonyl (C=O) groups is 4. The third kappa shape index (κ3) is 11.8. The van der Waals surface area contributed by atoms with E-state index in [9.17, 15) is 24.3 Å². The van der Waals surface area contributed by atoms with Gasteiger partial charge in [0.05, 0.1) is 6.04 Å².